The smallest absolute Gasteiger partial charge is 0.325 e. The molecule has 0 aliphatic heterocycles. The van der Waals surface area contributed by atoms with Gasteiger partial charge in [-0.25, -0.2) is 4.98 Å². The number of nitrogens with two attached hydrogens (primary N) is 1. The molecule has 4 N–H and O–H groups in total. The fourth-order valence-corrected chi connectivity index (χ4v) is 3.00. The van der Waals surface area contributed by atoms with Gasteiger partial charge < -0.3 is 15.8 Å². The van der Waals surface area contributed by atoms with Gasteiger partial charge in [-0.2, -0.15) is 0 Å². The van der Waals surface area contributed by atoms with Crippen LogP contribution >= 0.6 is 0 Å². The Hall–Kier alpha value is -2.86. The topological polar surface area (TPSA) is 95.2 Å². The number of nitrogen functional groups attached to an aromatic ring is 1. The van der Waals surface area contributed by atoms with Crippen molar-refractivity contribution < 1.29 is 9.90 Å². The summed E-state index contributed by atoms with van der Waals surface area (Å²) in [7, 11) is 1.79. The fraction of sp³-hybridized carbons (Fsp3) is 0.222. The van der Waals surface area contributed by atoms with Crippen LogP contribution in [-0.4, -0.2) is 33.0 Å². The van der Waals surface area contributed by atoms with Crippen molar-refractivity contribution in [2.75, 3.05) is 12.8 Å². The summed E-state index contributed by atoms with van der Waals surface area (Å²) in [4.78, 5) is 20.9. The molecule has 0 amide bonds. The van der Waals surface area contributed by atoms with Crippen LogP contribution in [-0.2, 0) is 11.3 Å². The third-order valence-electron chi connectivity index (χ3n) is 4.28. The van der Waals surface area contributed by atoms with Gasteiger partial charge in [0.2, 0.25) is 0 Å². The van der Waals surface area contributed by atoms with E-state index in [1.807, 2.05) is 25.1 Å². The molecule has 0 saturated carbocycles. The first-order valence-electron chi connectivity index (χ1n) is 7.68. The Morgan fingerprint density at radius 1 is 1.33 bits per heavy atom. The number of H-pyrrole nitrogens is 1. The van der Waals surface area contributed by atoms with E-state index in [9.17, 15) is 9.90 Å². The molecule has 1 aromatic carbocycles. The van der Waals surface area contributed by atoms with E-state index in [-0.39, 0.29) is 0 Å². The average Bonchev–Trinajstić information content (AvgIpc) is 2.86. The highest BCUT2D eigenvalue weighted by atomic mass is 16.4. The van der Waals surface area contributed by atoms with Crippen LogP contribution in [0.3, 0.4) is 0 Å². The molecule has 0 bridgehead atoms. The molecular weight excluding hydrogens is 304 g/mol. The summed E-state index contributed by atoms with van der Waals surface area (Å²) in [6.07, 6.45) is 1.52. The molecule has 6 nitrogen and oxygen atoms in total. The maximum atomic E-state index is 11.8. The van der Waals surface area contributed by atoms with E-state index in [4.69, 9.17) is 5.73 Å². The first-order chi connectivity index (χ1) is 11.5. The quantitative estimate of drug-likeness (QED) is 0.671. The molecule has 2 aromatic heterocycles. The third kappa shape index (κ3) is 2.96. The summed E-state index contributed by atoms with van der Waals surface area (Å²) in [6, 6.07) is 10.6. The van der Waals surface area contributed by atoms with Gasteiger partial charge in [-0.15, -0.1) is 0 Å². The van der Waals surface area contributed by atoms with Crippen LogP contribution in [0, 0.1) is 6.92 Å². The van der Waals surface area contributed by atoms with Crippen LogP contribution in [0.4, 0.5) is 5.82 Å². The summed E-state index contributed by atoms with van der Waals surface area (Å²) in [5.74, 6) is -0.546. The standard InChI is InChI=1S/C18H20N4O2/c1-11-13-5-3-4-6-14(13)21-15(11)10-22(2)17(18(23)24)12-7-8-16(19)20-9-12/h3-9,17,21H,10H2,1-2H3,(H2,19,20)(H,23,24)/t17-/m1/s1. The Balaban J connectivity index is 1.90. The summed E-state index contributed by atoms with van der Waals surface area (Å²) in [5, 5.41) is 10.8. The SMILES string of the molecule is Cc1c(CN(C)[C@@H](C(=O)O)c2ccc(N)nc2)[nH]c2ccccc12. The Morgan fingerprint density at radius 2 is 2.08 bits per heavy atom. The van der Waals surface area contributed by atoms with Crippen LogP contribution in [0.1, 0.15) is 22.9 Å². The lowest BCUT2D eigenvalue weighted by atomic mass is 10.1. The second-order valence-electron chi connectivity index (χ2n) is 5.95. The van der Waals surface area contributed by atoms with E-state index in [2.05, 4.69) is 16.0 Å². The lowest BCUT2D eigenvalue weighted by Gasteiger charge is -2.24. The van der Waals surface area contributed by atoms with Gasteiger partial charge in [0.05, 0.1) is 0 Å². The number of aliphatic carboxylic acids is 1. The van der Waals surface area contributed by atoms with Gasteiger partial charge in [-0.1, -0.05) is 24.3 Å². The van der Waals surface area contributed by atoms with Gasteiger partial charge >= 0.3 is 5.97 Å². The van der Waals surface area contributed by atoms with Crippen molar-refractivity contribution >= 4 is 22.7 Å². The number of rotatable bonds is 5. The molecule has 0 aliphatic rings. The minimum Gasteiger partial charge on any atom is -0.480 e. The van der Waals surface area contributed by atoms with Gasteiger partial charge in [0.15, 0.2) is 0 Å². The zero-order valence-electron chi connectivity index (χ0n) is 13.7. The van der Waals surface area contributed by atoms with Gasteiger partial charge in [0.25, 0.3) is 0 Å². The predicted molar refractivity (Wildman–Crippen MR) is 93.5 cm³/mol. The van der Waals surface area contributed by atoms with E-state index in [1.54, 1.807) is 24.1 Å². The number of anilines is 1. The Kier molecular flexibility index (Phi) is 4.22. The van der Waals surface area contributed by atoms with E-state index in [0.29, 0.717) is 17.9 Å². The number of carbonyl (C=O) groups is 1. The van der Waals surface area contributed by atoms with Crippen LogP contribution in [0.2, 0.25) is 0 Å². The van der Waals surface area contributed by atoms with Crippen molar-refractivity contribution in [1.29, 1.82) is 0 Å². The summed E-state index contributed by atoms with van der Waals surface area (Å²) in [6.45, 7) is 2.53. The molecule has 3 rings (SSSR count). The molecule has 3 aromatic rings. The highest BCUT2D eigenvalue weighted by Crippen LogP contribution is 2.26. The normalized spacial score (nSPS) is 12.6. The second kappa shape index (κ2) is 6.33. The average molecular weight is 324 g/mol. The second-order valence-corrected chi connectivity index (χ2v) is 5.95. The zero-order valence-corrected chi connectivity index (χ0v) is 13.7. The molecule has 1 atom stereocenters. The molecule has 0 fully saturated rings. The highest BCUT2D eigenvalue weighted by Gasteiger charge is 2.26. The lowest BCUT2D eigenvalue weighted by molar-refractivity contribution is -0.143. The molecule has 0 spiro atoms. The maximum absolute atomic E-state index is 11.8. The number of nitrogens with zero attached hydrogens (tertiary/aromatic N) is 2. The largest absolute Gasteiger partial charge is 0.480 e. The molecule has 0 saturated heterocycles. The number of carboxylic acids is 1. The molecule has 0 aliphatic carbocycles. The van der Waals surface area contributed by atoms with Crippen LogP contribution < -0.4 is 5.73 Å². The number of aryl methyl sites for hydroxylation is 1. The summed E-state index contributed by atoms with van der Waals surface area (Å²) >= 11 is 0. The van der Waals surface area contributed by atoms with Gasteiger partial charge in [-0.3, -0.25) is 9.69 Å². The van der Waals surface area contributed by atoms with E-state index >= 15 is 0 Å². The number of pyridine rings is 1. The molecule has 6 heteroatoms. The number of aromatic nitrogens is 2. The van der Waals surface area contributed by atoms with E-state index in [0.717, 1.165) is 22.2 Å². The van der Waals surface area contributed by atoms with Crippen molar-refractivity contribution in [1.82, 2.24) is 14.9 Å². The highest BCUT2D eigenvalue weighted by molar-refractivity contribution is 5.84. The molecule has 0 radical (unpaired) electrons. The number of nitrogens with one attached hydrogen (secondary N) is 1. The Bertz CT molecular complexity index is 870. The van der Waals surface area contributed by atoms with Gasteiger partial charge in [-0.05, 0) is 37.2 Å². The molecule has 2 heterocycles. The minimum absolute atomic E-state index is 0.372. The van der Waals surface area contributed by atoms with Crippen molar-refractivity contribution in [3.05, 3.63) is 59.4 Å². The van der Waals surface area contributed by atoms with Gasteiger partial charge in [0, 0.05) is 29.3 Å². The van der Waals surface area contributed by atoms with Crippen LogP contribution in [0.25, 0.3) is 10.9 Å². The number of carboxylic acid groups (broad SMARTS) is 1. The van der Waals surface area contributed by atoms with Crippen LogP contribution in [0.5, 0.6) is 0 Å². The molecule has 124 valence electrons. The summed E-state index contributed by atoms with van der Waals surface area (Å²) < 4.78 is 0. The summed E-state index contributed by atoms with van der Waals surface area (Å²) in [5.41, 5.74) is 9.39. The number of aromatic amines is 1. The van der Waals surface area contributed by atoms with Gasteiger partial charge in [0.1, 0.15) is 11.9 Å². The Labute approximate surface area is 139 Å². The van der Waals surface area contributed by atoms with Crippen molar-refractivity contribution in [2.24, 2.45) is 0 Å². The van der Waals surface area contributed by atoms with Crippen LogP contribution in [0.15, 0.2) is 42.6 Å². The molecule has 24 heavy (non-hydrogen) atoms. The first kappa shape index (κ1) is 16.0. The van der Waals surface area contributed by atoms with E-state index in [1.165, 1.54) is 6.20 Å². The van der Waals surface area contributed by atoms with Crippen molar-refractivity contribution in [3.63, 3.8) is 0 Å². The molecule has 0 unspecified atom stereocenters. The van der Waals surface area contributed by atoms with Crippen molar-refractivity contribution in [2.45, 2.75) is 19.5 Å². The van der Waals surface area contributed by atoms with E-state index < -0.39 is 12.0 Å². The third-order valence-corrected chi connectivity index (χ3v) is 4.28. The number of hydrogen-bond acceptors (Lipinski definition) is 4. The first-order valence-corrected chi connectivity index (χ1v) is 7.68. The number of benzene rings is 1. The fourth-order valence-electron chi connectivity index (χ4n) is 3.00. The number of likely N-dealkylation sites (N-methyl/N-ethyl adjacent to an activating group) is 1. The lowest BCUT2D eigenvalue weighted by Crippen LogP contribution is -2.31. The maximum Gasteiger partial charge on any atom is 0.325 e. The number of fused-ring (bicyclic) bond motifs is 1. The Morgan fingerprint density at radius 3 is 2.71 bits per heavy atom. The number of hydrogen-bond donors (Lipinski definition) is 3. The monoisotopic (exact) mass is 324 g/mol. The number of para-hydroxylation sites is 1. The predicted octanol–water partition coefficient (Wildman–Crippen LogP) is 2.71. The minimum atomic E-state index is -0.919. The van der Waals surface area contributed by atoms with Crippen molar-refractivity contribution in [3.8, 4) is 0 Å². The molecular formula is C18H20N4O2. The zero-order chi connectivity index (χ0) is 17.3.